The summed E-state index contributed by atoms with van der Waals surface area (Å²) < 4.78 is 11.2. The average molecular weight is 214 g/mol. The van der Waals surface area contributed by atoms with E-state index in [9.17, 15) is 0 Å². The van der Waals surface area contributed by atoms with Gasteiger partial charge < -0.3 is 9.47 Å². The van der Waals surface area contributed by atoms with Crippen molar-refractivity contribution in [3.05, 3.63) is 0 Å². The number of hydrogen-bond acceptors (Lipinski definition) is 2. The molecular weight excluding hydrogens is 188 g/mol. The van der Waals surface area contributed by atoms with Gasteiger partial charge in [0.25, 0.3) is 0 Å². The molecule has 0 unspecified atom stereocenters. The average Bonchev–Trinajstić information content (AvgIpc) is 1.88. The van der Waals surface area contributed by atoms with E-state index in [-0.39, 0.29) is 5.60 Å². The van der Waals surface area contributed by atoms with Gasteiger partial charge in [0, 0.05) is 5.92 Å². The molecule has 0 aromatic rings. The molecule has 15 heavy (non-hydrogen) atoms. The van der Waals surface area contributed by atoms with Gasteiger partial charge in [0.15, 0.2) is 0 Å². The third kappa shape index (κ3) is 4.12. The van der Waals surface area contributed by atoms with Crippen molar-refractivity contribution < 1.29 is 9.47 Å². The Morgan fingerprint density at radius 1 is 1.13 bits per heavy atom. The Morgan fingerprint density at radius 3 is 1.93 bits per heavy atom. The summed E-state index contributed by atoms with van der Waals surface area (Å²) in [6.45, 7) is 15.9. The smallest absolute Gasteiger partial charge is 0.0598 e. The molecule has 0 bridgehead atoms. The molecule has 1 aliphatic heterocycles. The quantitative estimate of drug-likeness (QED) is 0.718. The first-order valence-electron chi connectivity index (χ1n) is 5.92. The first-order valence-corrected chi connectivity index (χ1v) is 5.92. The van der Waals surface area contributed by atoms with E-state index >= 15 is 0 Å². The minimum Gasteiger partial charge on any atom is -0.381 e. The molecule has 1 atom stereocenters. The standard InChI is InChI=1S/C13H26O2/c1-12(2,3)11(10-7-14-8-10)9-15-13(4,5)6/h10-11H,7-9H2,1-6H3/t11-/m0/s1. The molecule has 90 valence electrons. The Morgan fingerprint density at radius 2 is 1.67 bits per heavy atom. The van der Waals surface area contributed by atoms with Crippen LogP contribution in [0.25, 0.3) is 0 Å². The Labute approximate surface area is 94.3 Å². The Balaban J connectivity index is 2.50. The predicted octanol–water partition coefficient (Wildman–Crippen LogP) is 3.11. The molecule has 0 radical (unpaired) electrons. The van der Waals surface area contributed by atoms with Gasteiger partial charge in [-0.15, -0.1) is 0 Å². The van der Waals surface area contributed by atoms with Crippen molar-refractivity contribution in [1.82, 2.24) is 0 Å². The zero-order chi connectivity index (χ0) is 11.7. The minimum atomic E-state index is -0.0336. The Kier molecular flexibility index (Phi) is 3.83. The molecule has 1 heterocycles. The van der Waals surface area contributed by atoms with Gasteiger partial charge >= 0.3 is 0 Å². The van der Waals surface area contributed by atoms with E-state index in [0.29, 0.717) is 17.3 Å². The lowest BCUT2D eigenvalue weighted by Crippen LogP contribution is -2.44. The van der Waals surface area contributed by atoms with Gasteiger partial charge in [0.05, 0.1) is 25.4 Å². The van der Waals surface area contributed by atoms with Gasteiger partial charge in [-0.3, -0.25) is 0 Å². The maximum atomic E-state index is 5.92. The van der Waals surface area contributed by atoms with E-state index in [1.165, 1.54) is 0 Å². The van der Waals surface area contributed by atoms with Crippen LogP contribution >= 0.6 is 0 Å². The molecule has 1 saturated heterocycles. The van der Waals surface area contributed by atoms with Crippen LogP contribution in [-0.4, -0.2) is 25.4 Å². The summed E-state index contributed by atoms with van der Waals surface area (Å²) in [6, 6.07) is 0. The van der Waals surface area contributed by atoms with Crippen molar-refractivity contribution in [3.63, 3.8) is 0 Å². The van der Waals surface area contributed by atoms with Crippen LogP contribution in [0.5, 0.6) is 0 Å². The third-order valence-corrected chi connectivity index (χ3v) is 3.04. The van der Waals surface area contributed by atoms with E-state index in [4.69, 9.17) is 9.47 Å². The van der Waals surface area contributed by atoms with Crippen molar-refractivity contribution in [2.24, 2.45) is 17.3 Å². The van der Waals surface area contributed by atoms with Gasteiger partial charge in [-0.1, -0.05) is 20.8 Å². The van der Waals surface area contributed by atoms with Crippen LogP contribution in [0.3, 0.4) is 0 Å². The Bertz CT molecular complexity index is 194. The van der Waals surface area contributed by atoms with Crippen molar-refractivity contribution >= 4 is 0 Å². The molecule has 0 aromatic heterocycles. The van der Waals surface area contributed by atoms with Gasteiger partial charge in [0.2, 0.25) is 0 Å². The summed E-state index contributed by atoms with van der Waals surface area (Å²) in [5.41, 5.74) is 0.272. The topological polar surface area (TPSA) is 18.5 Å². The SMILES string of the molecule is CC(C)(C)OC[C@@H](C1COC1)C(C)(C)C. The van der Waals surface area contributed by atoms with Crippen molar-refractivity contribution in [1.29, 1.82) is 0 Å². The highest BCUT2D eigenvalue weighted by Crippen LogP contribution is 2.36. The molecule has 1 aliphatic rings. The summed E-state index contributed by atoms with van der Waals surface area (Å²) in [5, 5.41) is 0. The lowest BCUT2D eigenvalue weighted by molar-refractivity contribution is -0.125. The fourth-order valence-electron chi connectivity index (χ4n) is 1.92. The third-order valence-electron chi connectivity index (χ3n) is 3.04. The first-order chi connectivity index (χ1) is 6.70. The molecule has 2 nitrogen and oxygen atoms in total. The maximum absolute atomic E-state index is 5.92. The Hall–Kier alpha value is -0.0800. The number of ether oxygens (including phenoxy) is 2. The molecule has 0 aromatic carbocycles. The van der Waals surface area contributed by atoms with Crippen LogP contribution in [0.2, 0.25) is 0 Å². The molecule has 0 amide bonds. The summed E-state index contributed by atoms with van der Waals surface area (Å²) in [5.74, 6) is 1.29. The second kappa shape index (κ2) is 4.42. The van der Waals surface area contributed by atoms with Gasteiger partial charge in [0.1, 0.15) is 0 Å². The van der Waals surface area contributed by atoms with E-state index in [0.717, 1.165) is 19.8 Å². The lowest BCUT2D eigenvalue weighted by Gasteiger charge is -2.42. The first kappa shape index (κ1) is 13.0. The van der Waals surface area contributed by atoms with Crippen LogP contribution < -0.4 is 0 Å². The van der Waals surface area contributed by atoms with Crippen LogP contribution in [0, 0.1) is 17.3 Å². The van der Waals surface area contributed by atoms with E-state index < -0.39 is 0 Å². The van der Waals surface area contributed by atoms with Crippen molar-refractivity contribution in [2.75, 3.05) is 19.8 Å². The second-order valence-electron chi connectivity index (χ2n) is 6.69. The monoisotopic (exact) mass is 214 g/mol. The van der Waals surface area contributed by atoms with Crippen molar-refractivity contribution in [3.8, 4) is 0 Å². The normalized spacial score (nSPS) is 21.2. The number of hydrogen-bond donors (Lipinski definition) is 0. The van der Waals surface area contributed by atoms with Crippen molar-refractivity contribution in [2.45, 2.75) is 47.1 Å². The molecule has 2 heteroatoms. The van der Waals surface area contributed by atoms with Gasteiger partial charge in [-0.2, -0.15) is 0 Å². The molecular formula is C13H26O2. The van der Waals surface area contributed by atoms with Crippen LogP contribution in [0.1, 0.15) is 41.5 Å². The summed E-state index contributed by atoms with van der Waals surface area (Å²) in [4.78, 5) is 0. The van der Waals surface area contributed by atoms with Crippen LogP contribution in [0.4, 0.5) is 0 Å². The highest BCUT2D eigenvalue weighted by atomic mass is 16.5. The molecule has 0 spiro atoms. The summed E-state index contributed by atoms with van der Waals surface area (Å²) in [6.07, 6.45) is 0. The predicted molar refractivity (Wildman–Crippen MR) is 63.0 cm³/mol. The zero-order valence-corrected chi connectivity index (χ0v) is 11.1. The largest absolute Gasteiger partial charge is 0.381 e. The minimum absolute atomic E-state index is 0.0336. The van der Waals surface area contributed by atoms with E-state index in [1.807, 2.05) is 0 Å². The summed E-state index contributed by atoms with van der Waals surface area (Å²) in [7, 11) is 0. The fraction of sp³-hybridized carbons (Fsp3) is 1.00. The molecule has 1 rings (SSSR count). The molecule has 1 fully saturated rings. The van der Waals surface area contributed by atoms with Crippen LogP contribution in [0.15, 0.2) is 0 Å². The van der Waals surface area contributed by atoms with E-state index in [2.05, 4.69) is 41.5 Å². The lowest BCUT2D eigenvalue weighted by atomic mass is 9.72. The summed E-state index contributed by atoms with van der Waals surface area (Å²) >= 11 is 0. The molecule has 0 N–H and O–H groups in total. The highest BCUT2D eigenvalue weighted by Gasteiger charge is 2.37. The molecule has 0 saturated carbocycles. The van der Waals surface area contributed by atoms with Crippen LogP contribution in [-0.2, 0) is 9.47 Å². The second-order valence-corrected chi connectivity index (χ2v) is 6.69. The van der Waals surface area contributed by atoms with E-state index in [1.54, 1.807) is 0 Å². The van der Waals surface area contributed by atoms with Gasteiger partial charge in [-0.05, 0) is 32.1 Å². The highest BCUT2D eigenvalue weighted by molar-refractivity contribution is 4.84. The fourth-order valence-corrected chi connectivity index (χ4v) is 1.92. The maximum Gasteiger partial charge on any atom is 0.0598 e. The van der Waals surface area contributed by atoms with Gasteiger partial charge in [-0.25, -0.2) is 0 Å². The molecule has 0 aliphatic carbocycles. The zero-order valence-electron chi connectivity index (χ0n) is 11.1. The number of rotatable bonds is 3.